The van der Waals surface area contributed by atoms with Gasteiger partial charge in [-0.25, -0.2) is 0 Å². The summed E-state index contributed by atoms with van der Waals surface area (Å²) in [6, 6.07) is 0. The highest BCUT2D eigenvalue weighted by atomic mass is 16.6. The summed E-state index contributed by atoms with van der Waals surface area (Å²) in [7, 11) is 0. The molecule has 0 N–H and O–H groups in total. The Kier molecular flexibility index (Phi) is 54.4. The van der Waals surface area contributed by atoms with Gasteiger partial charge in [-0.05, 0) is 83.5 Å². The van der Waals surface area contributed by atoms with Gasteiger partial charge >= 0.3 is 17.9 Å². The molecule has 0 fully saturated rings. The average molecular weight is 972 g/mol. The van der Waals surface area contributed by atoms with Crippen molar-refractivity contribution in [2.45, 2.75) is 264 Å². The Bertz CT molecular complexity index is 1440. The lowest BCUT2D eigenvalue weighted by atomic mass is 10.0. The molecule has 0 spiro atoms. The summed E-state index contributed by atoms with van der Waals surface area (Å²) in [5.41, 5.74) is 0. The SMILES string of the molecule is CC/C=C\C/C=C\C/C=C\C/C=C\C/C=C\CC(=O)OC(COC(=O)CCCC/C=C\C/C=C\C/C=C\C/C=C\CC)COC(=O)CCCCCCCCCCCCCCCCCCCCCCCC. The fourth-order valence-electron chi connectivity index (χ4n) is 7.80. The minimum absolute atomic E-state index is 0.0860. The average Bonchev–Trinajstić information content (AvgIpc) is 3.36. The first-order valence-electron chi connectivity index (χ1n) is 28.9. The summed E-state index contributed by atoms with van der Waals surface area (Å²) < 4.78 is 16.7. The molecule has 1 unspecified atom stereocenters. The molecule has 0 radical (unpaired) electrons. The first-order chi connectivity index (χ1) is 34.5. The quantitative estimate of drug-likeness (QED) is 0.0262. The van der Waals surface area contributed by atoms with E-state index >= 15 is 0 Å². The van der Waals surface area contributed by atoms with E-state index in [1.807, 2.05) is 6.08 Å². The number of ether oxygens (including phenoxy) is 3. The lowest BCUT2D eigenvalue weighted by molar-refractivity contribution is -0.166. The monoisotopic (exact) mass is 971 g/mol. The van der Waals surface area contributed by atoms with Crippen LogP contribution in [0.5, 0.6) is 0 Å². The van der Waals surface area contributed by atoms with Crippen molar-refractivity contribution in [2.24, 2.45) is 0 Å². The molecule has 1 atom stereocenters. The van der Waals surface area contributed by atoms with Gasteiger partial charge in [-0.3, -0.25) is 14.4 Å². The van der Waals surface area contributed by atoms with Gasteiger partial charge in [-0.2, -0.15) is 0 Å². The van der Waals surface area contributed by atoms with Gasteiger partial charge in [0.05, 0.1) is 6.42 Å². The van der Waals surface area contributed by atoms with Crippen LogP contribution >= 0.6 is 0 Å². The van der Waals surface area contributed by atoms with E-state index in [1.165, 1.54) is 122 Å². The Labute approximate surface area is 431 Å². The van der Waals surface area contributed by atoms with Crippen LogP contribution in [-0.2, 0) is 28.6 Å². The molecule has 0 aromatic rings. The Balaban J connectivity index is 4.45. The number of rotatable bonds is 51. The fraction of sp³-hybridized carbons (Fsp3) is 0.672. The molecular formula is C64H106O6. The van der Waals surface area contributed by atoms with Crippen molar-refractivity contribution in [1.29, 1.82) is 0 Å². The third kappa shape index (κ3) is 55.0. The molecule has 0 saturated carbocycles. The molecule has 0 aliphatic carbocycles. The highest BCUT2D eigenvalue weighted by molar-refractivity contribution is 5.72. The van der Waals surface area contributed by atoms with Crippen molar-refractivity contribution in [2.75, 3.05) is 13.2 Å². The van der Waals surface area contributed by atoms with Gasteiger partial charge in [0.25, 0.3) is 0 Å². The first-order valence-corrected chi connectivity index (χ1v) is 28.9. The predicted octanol–water partition coefficient (Wildman–Crippen LogP) is 19.5. The van der Waals surface area contributed by atoms with E-state index in [0.29, 0.717) is 19.3 Å². The van der Waals surface area contributed by atoms with Gasteiger partial charge in [-0.1, -0.05) is 265 Å². The maximum Gasteiger partial charge on any atom is 0.310 e. The summed E-state index contributed by atoms with van der Waals surface area (Å²) in [5.74, 6) is -1.10. The third-order valence-electron chi connectivity index (χ3n) is 12.1. The number of carbonyl (C=O) groups excluding carboxylic acids is 3. The van der Waals surface area contributed by atoms with Crippen molar-refractivity contribution < 1.29 is 28.6 Å². The maximum atomic E-state index is 12.8. The van der Waals surface area contributed by atoms with Gasteiger partial charge in [-0.15, -0.1) is 0 Å². The van der Waals surface area contributed by atoms with Crippen molar-refractivity contribution >= 4 is 17.9 Å². The summed E-state index contributed by atoms with van der Waals surface area (Å²) in [4.78, 5) is 38.1. The van der Waals surface area contributed by atoms with Crippen molar-refractivity contribution in [3.8, 4) is 0 Å². The second kappa shape index (κ2) is 57.6. The Morgan fingerprint density at radius 1 is 0.314 bits per heavy atom. The molecular weight excluding hydrogens is 865 g/mol. The van der Waals surface area contributed by atoms with Crippen LogP contribution in [0.4, 0.5) is 0 Å². The second-order valence-corrected chi connectivity index (χ2v) is 18.8. The lowest BCUT2D eigenvalue weighted by Gasteiger charge is -2.18. The van der Waals surface area contributed by atoms with E-state index in [9.17, 15) is 14.4 Å². The van der Waals surface area contributed by atoms with Crippen LogP contribution in [0.3, 0.4) is 0 Å². The predicted molar refractivity (Wildman–Crippen MR) is 302 cm³/mol. The summed E-state index contributed by atoms with van der Waals surface area (Å²) in [6.45, 7) is 6.30. The molecule has 398 valence electrons. The van der Waals surface area contributed by atoms with Crippen molar-refractivity contribution in [3.63, 3.8) is 0 Å². The lowest BCUT2D eigenvalue weighted by Crippen LogP contribution is -2.30. The molecule has 0 saturated heterocycles. The molecule has 0 aromatic heterocycles. The fourth-order valence-corrected chi connectivity index (χ4v) is 7.80. The largest absolute Gasteiger partial charge is 0.462 e. The van der Waals surface area contributed by atoms with Gasteiger partial charge in [0.1, 0.15) is 13.2 Å². The normalized spacial score (nSPS) is 12.9. The topological polar surface area (TPSA) is 78.9 Å². The number of carbonyl (C=O) groups is 3. The molecule has 0 rings (SSSR count). The van der Waals surface area contributed by atoms with E-state index in [0.717, 1.165) is 83.5 Å². The second-order valence-electron chi connectivity index (χ2n) is 18.8. The molecule has 0 heterocycles. The maximum absolute atomic E-state index is 12.8. The van der Waals surface area contributed by atoms with E-state index < -0.39 is 12.1 Å². The Hall–Kier alpha value is -3.93. The van der Waals surface area contributed by atoms with E-state index in [4.69, 9.17) is 14.2 Å². The highest BCUT2D eigenvalue weighted by Gasteiger charge is 2.19. The number of allylic oxidation sites excluding steroid dienone is 17. The van der Waals surface area contributed by atoms with Crippen LogP contribution in [0.1, 0.15) is 258 Å². The van der Waals surface area contributed by atoms with Crippen LogP contribution in [-0.4, -0.2) is 37.2 Å². The van der Waals surface area contributed by atoms with Gasteiger partial charge < -0.3 is 14.2 Å². The van der Waals surface area contributed by atoms with E-state index in [1.54, 1.807) is 6.08 Å². The standard InChI is InChI=1S/C64H106O6/c1-4-7-10-13-16-19-22-25-28-29-30-31-32-33-34-37-39-42-45-48-51-54-57-63(66)69-60-61(70-64(67)58-55-52-49-46-43-40-36-27-24-21-18-15-12-9-6-3)59-68-62(65)56-53-50-47-44-41-38-35-26-23-20-17-14-11-8-5-2/h8-9,11-12,17-18,20-21,26-27,35-36,41,43-44,46,52,55,61H,4-7,10,13-16,19,22-25,28-34,37-40,42,45,47-51,53-54,56-60H2,1-3H3/b11-8-,12-9-,20-17-,21-18-,35-26-,36-27-,44-41-,46-43-,55-52-. The van der Waals surface area contributed by atoms with E-state index in [2.05, 4.69) is 118 Å². The number of hydrogen-bond donors (Lipinski definition) is 0. The zero-order chi connectivity index (χ0) is 50.7. The summed E-state index contributed by atoms with van der Waals surface area (Å²) in [6.07, 6.45) is 78.4. The smallest absolute Gasteiger partial charge is 0.310 e. The molecule has 0 bridgehead atoms. The molecule has 0 aromatic carbocycles. The summed E-state index contributed by atoms with van der Waals surface area (Å²) in [5, 5.41) is 0. The zero-order valence-corrected chi connectivity index (χ0v) is 45.5. The Morgan fingerprint density at radius 2 is 0.600 bits per heavy atom. The number of hydrogen-bond acceptors (Lipinski definition) is 6. The minimum atomic E-state index is -0.850. The summed E-state index contributed by atoms with van der Waals surface area (Å²) >= 11 is 0. The van der Waals surface area contributed by atoms with Crippen LogP contribution in [0.2, 0.25) is 0 Å². The van der Waals surface area contributed by atoms with Crippen LogP contribution in [0.25, 0.3) is 0 Å². The molecule has 0 aliphatic heterocycles. The van der Waals surface area contributed by atoms with Crippen molar-refractivity contribution in [3.05, 3.63) is 109 Å². The van der Waals surface area contributed by atoms with Gasteiger partial charge in [0.2, 0.25) is 0 Å². The zero-order valence-electron chi connectivity index (χ0n) is 45.5. The molecule has 0 amide bonds. The van der Waals surface area contributed by atoms with E-state index in [-0.39, 0.29) is 38.0 Å². The molecule has 0 aliphatic rings. The number of esters is 3. The van der Waals surface area contributed by atoms with Crippen molar-refractivity contribution in [1.82, 2.24) is 0 Å². The van der Waals surface area contributed by atoms with Gasteiger partial charge in [0, 0.05) is 12.8 Å². The van der Waals surface area contributed by atoms with Crippen LogP contribution < -0.4 is 0 Å². The van der Waals surface area contributed by atoms with Gasteiger partial charge in [0.15, 0.2) is 6.10 Å². The minimum Gasteiger partial charge on any atom is -0.462 e. The third-order valence-corrected chi connectivity index (χ3v) is 12.1. The Morgan fingerprint density at radius 3 is 0.943 bits per heavy atom. The first kappa shape index (κ1) is 66.1. The highest BCUT2D eigenvalue weighted by Crippen LogP contribution is 2.16. The molecule has 6 heteroatoms. The number of unbranched alkanes of at least 4 members (excludes halogenated alkanes) is 23. The molecule has 70 heavy (non-hydrogen) atoms. The van der Waals surface area contributed by atoms with Crippen LogP contribution in [0.15, 0.2) is 109 Å². The van der Waals surface area contributed by atoms with Crippen LogP contribution in [0, 0.1) is 0 Å². The molecule has 6 nitrogen and oxygen atoms in total.